The molecule has 3 rings (SSSR count). The number of hydrogen-bond donors (Lipinski definition) is 2. The van der Waals surface area contributed by atoms with Gasteiger partial charge in [-0.15, -0.1) is 0 Å². The molecule has 0 saturated heterocycles. The zero-order chi connectivity index (χ0) is 14.5. The minimum atomic E-state index is 0.720. The Morgan fingerprint density at radius 1 is 1.24 bits per heavy atom. The molecule has 2 heterocycles. The van der Waals surface area contributed by atoms with Gasteiger partial charge in [-0.1, -0.05) is 25.7 Å². The summed E-state index contributed by atoms with van der Waals surface area (Å²) in [7, 11) is 0. The first-order chi connectivity index (χ1) is 10.3. The first-order valence-corrected chi connectivity index (χ1v) is 7.90. The van der Waals surface area contributed by atoms with Gasteiger partial charge in [0, 0.05) is 24.5 Å². The Kier molecular flexibility index (Phi) is 4.48. The van der Waals surface area contributed by atoms with Crippen molar-refractivity contribution >= 4 is 5.95 Å². The Labute approximate surface area is 125 Å². The highest BCUT2D eigenvalue weighted by molar-refractivity contribution is 5.61. The zero-order valence-electron chi connectivity index (χ0n) is 12.6. The third-order valence-corrected chi connectivity index (χ3v) is 4.29. The van der Waals surface area contributed by atoms with Crippen LogP contribution in [0.4, 0.5) is 5.95 Å². The van der Waals surface area contributed by atoms with Crippen LogP contribution in [-0.4, -0.2) is 26.7 Å². The molecule has 21 heavy (non-hydrogen) atoms. The Balaban J connectivity index is 1.65. The predicted octanol–water partition coefficient (Wildman–Crippen LogP) is 3.56. The van der Waals surface area contributed by atoms with Crippen LogP contribution in [0.2, 0.25) is 0 Å². The van der Waals surface area contributed by atoms with E-state index in [4.69, 9.17) is 0 Å². The van der Waals surface area contributed by atoms with Gasteiger partial charge < -0.3 is 5.32 Å². The summed E-state index contributed by atoms with van der Waals surface area (Å²) >= 11 is 0. The molecule has 5 nitrogen and oxygen atoms in total. The van der Waals surface area contributed by atoms with E-state index in [9.17, 15) is 0 Å². The smallest absolute Gasteiger partial charge is 0.223 e. The molecular weight excluding hydrogens is 262 g/mol. The summed E-state index contributed by atoms with van der Waals surface area (Å²) < 4.78 is 0. The van der Waals surface area contributed by atoms with Crippen molar-refractivity contribution in [1.82, 2.24) is 20.2 Å². The topological polar surface area (TPSA) is 66.5 Å². The Hall–Kier alpha value is -1.91. The summed E-state index contributed by atoms with van der Waals surface area (Å²) in [6.07, 6.45) is 11.9. The fourth-order valence-electron chi connectivity index (χ4n) is 3.02. The van der Waals surface area contributed by atoms with Crippen LogP contribution in [0.3, 0.4) is 0 Å². The molecule has 2 aromatic rings. The molecule has 1 fully saturated rings. The minimum absolute atomic E-state index is 0.720. The summed E-state index contributed by atoms with van der Waals surface area (Å²) in [6.45, 7) is 2.96. The van der Waals surface area contributed by atoms with Gasteiger partial charge in [-0.25, -0.2) is 9.97 Å². The van der Waals surface area contributed by atoms with Crippen LogP contribution in [0.15, 0.2) is 18.5 Å². The maximum atomic E-state index is 4.60. The lowest BCUT2D eigenvalue weighted by molar-refractivity contribution is 0.482. The molecule has 1 saturated carbocycles. The number of nitrogens with one attached hydrogen (secondary N) is 2. The van der Waals surface area contributed by atoms with E-state index in [-0.39, 0.29) is 0 Å². The van der Waals surface area contributed by atoms with Gasteiger partial charge in [-0.3, -0.25) is 5.10 Å². The molecule has 112 valence electrons. The van der Waals surface area contributed by atoms with Gasteiger partial charge in [0.05, 0.1) is 11.4 Å². The lowest BCUT2D eigenvalue weighted by atomic mass is 10.0. The van der Waals surface area contributed by atoms with Crippen LogP contribution in [-0.2, 0) is 0 Å². The van der Waals surface area contributed by atoms with Crippen molar-refractivity contribution in [3.05, 3.63) is 24.2 Å². The van der Waals surface area contributed by atoms with E-state index in [1.165, 1.54) is 38.5 Å². The SMILES string of the molecule is Cc1n[nH]cc1-c1ccnc(NCC2CCCCCC2)n1. The van der Waals surface area contributed by atoms with Crippen molar-refractivity contribution in [3.8, 4) is 11.3 Å². The highest BCUT2D eigenvalue weighted by Gasteiger charge is 2.13. The largest absolute Gasteiger partial charge is 0.354 e. The van der Waals surface area contributed by atoms with E-state index in [1.54, 1.807) is 0 Å². The summed E-state index contributed by atoms with van der Waals surface area (Å²) in [5.41, 5.74) is 2.91. The van der Waals surface area contributed by atoms with Gasteiger partial charge in [0.2, 0.25) is 5.95 Å². The number of aromatic amines is 1. The normalized spacial score (nSPS) is 16.6. The van der Waals surface area contributed by atoms with Crippen molar-refractivity contribution in [2.24, 2.45) is 5.92 Å². The van der Waals surface area contributed by atoms with Crippen molar-refractivity contribution in [3.63, 3.8) is 0 Å². The molecule has 0 radical (unpaired) electrons. The molecule has 0 amide bonds. The van der Waals surface area contributed by atoms with Crippen molar-refractivity contribution in [1.29, 1.82) is 0 Å². The van der Waals surface area contributed by atoms with Crippen LogP contribution < -0.4 is 5.32 Å². The molecule has 2 aromatic heterocycles. The highest BCUT2D eigenvalue weighted by atomic mass is 15.1. The molecule has 0 aliphatic heterocycles. The van der Waals surface area contributed by atoms with E-state index in [0.29, 0.717) is 0 Å². The monoisotopic (exact) mass is 285 g/mol. The fraction of sp³-hybridized carbons (Fsp3) is 0.562. The molecule has 0 unspecified atom stereocenters. The lowest BCUT2D eigenvalue weighted by Crippen LogP contribution is -2.15. The van der Waals surface area contributed by atoms with Gasteiger partial charge in [-0.05, 0) is 31.7 Å². The standard InChI is InChI=1S/C16H23N5/c1-12-14(11-19-21-12)15-8-9-17-16(20-15)18-10-13-6-4-2-3-5-7-13/h8-9,11,13H,2-7,10H2,1H3,(H,19,21)(H,17,18,20). The maximum Gasteiger partial charge on any atom is 0.223 e. The zero-order valence-corrected chi connectivity index (χ0v) is 12.6. The minimum Gasteiger partial charge on any atom is -0.354 e. The van der Waals surface area contributed by atoms with Crippen molar-refractivity contribution in [2.45, 2.75) is 45.4 Å². The third kappa shape index (κ3) is 3.60. The van der Waals surface area contributed by atoms with E-state index < -0.39 is 0 Å². The second-order valence-corrected chi connectivity index (χ2v) is 5.89. The Morgan fingerprint density at radius 2 is 2.05 bits per heavy atom. The molecular formula is C16H23N5. The Bertz CT molecular complexity index is 570. The summed E-state index contributed by atoms with van der Waals surface area (Å²) in [4.78, 5) is 8.94. The maximum absolute atomic E-state index is 4.60. The number of H-pyrrole nitrogens is 1. The number of nitrogens with zero attached hydrogens (tertiary/aromatic N) is 3. The van der Waals surface area contributed by atoms with Crippen LogP contribution in [0, 0.1) is 12.8 Å². The molecule has 2 N–H and O–H groups in total. The van der Waals surface area contributed by atoms with Gasteiger partial charge in [-0.2, -0.15) is 5.10 Å². The van der Waals surface area contributed by atoms with Crippen LogP contribution >= 0.6 is 0 Å². The molecule has 0 aromatic carbocycles. The van der Waals surface area contributed by atoms with E-state index in [0.717, 1.165) is 35.4 Å². The van der Waals surface area contributed by atoms with Crippen LogP contribution in [0.5, 0.6) is 0 Å². The number of hydrogen-bond acceptors (Lipinski definition) is 4. The molecule has 1 aliphatic carbocycles. The predicted molar refractivity (Wildman–Crippen MR) is 84.0 cm³/mol. The Morgan fingerprint density at radius 3 is 2.76 bits per heavy atom. The van der Waals surface area contributed by atoms with Gasteiger partial charge in [0.25, 0.3) is 0 Å². The second kappa shape index (κ2) is 6.70. The van der Waals surface area contributed by atoms with Crippen molar-refractivity contribution in [2.75, 3.05) is 11.9 Å². The molecule has 1 aliphatic rings. The first kappa shape index (κ1) is 14.0. The van der Waals surface area contributed by atoms with Crippen LogP contribution in [0.1, 0.15) is 44.2 Å². The molecule has 5 heteroatoms. The average molecular weight is 285 g/mol. The van der Waals surface area contributed by atoms with Gasteiger partial charge >= 0.3 is 0 Å². The quantitative estimate of drug-likeness (QED) is 0.843. The van der Waals surface area contributed by atoms with Crippen molar-refractivity contribution < 1.29 is 0 Å². The van der Waals surface area contributed by atoms with E-state index >= 15 is 0 Å². The van der Waals surface area contributed by atoms with Crippen LogP contribution in [0.25, 0.3) is 11.3 Å². The summed E-state index contributed by atoms with van der Waals surface area (Å²) in [6, 6.07) is 1.93. The van der Waals surface area contributed by atoms with E-state index in [1.807, 2.05) is 25.4 Å². The number of aryl methyl sites for hydroxylation is 1. The molecule has 0 bridgehead atoms. The van der Waals surface area contributed by atoms with Gasteiger partial charge in [0.1, 0.15) is 0 Å². The van der Waals surface area contributed by atoms with Gasteiger partial charge in [0.15, 0.2) is 0 Å². The fourth-order valence-corrected chi connectivity index (χ4v) is 3.02. The number of rotatable bonds is 4. The highest BCUT2D eigenvalue weighted by Crippen LogP contribution is 2.23. The second-order valence-electron chi connectivity index (χ2n) is 5.89. The summed E-state index contributed by atoms with van der Waals surface area (Å²) in [5.74, 6) is 1.48. The molecule has 0 spiro atoms. The third-order valence-electron chi connectivity index (χ3n) is 4.29. The first-order valence-electron chi connectivity index (χ1n) is 7.90. The summed E-state index contributed by atoms with van der Waals surface area (Å²) in [5, 5.41) is 10.4. The average Bonchev–Trinajstić information content (AvgIpc) is 2.77. The molecule has 0 atom stereocenters. The number of anilines is 1. The lowest BCUT2D eigenvalue weighted by Gasteiger charge is -2.14. The number of aromatic nitrogens is 4. The van der Waals surface area contributed by atoms with E-state index in [2.05, 4.69) is 25.5 Å².